The second-order valence-electron chi connectivity index (χ2n) is 3.75. The zero-order chi connectivity index (χ0) is 14.7. The van der Waals surface area contributed by atoms with E-state index in [0.717, 1.165) is 0 Å². The number of nitrogens with two attached hydrogens (primary N) is 1. The Labute approximate surface area is 127 Å². The first-order valence-electron chi connectivity index (χ1n) is 5.41. The highest BCUT2D eigenvalue weighted by atomic mass is 79.9. The van der Waals surface area contributed by atoms with E-state index in [2.05, 4.69) is 31.7 Å². The number of benzene rings is 1. The number of carbonyl (C=O) groups excluding carboxylic acids is 1. The molecule has 0 spiro atoms. The maximum absolute atomic E-state index is 13.6. The number of anilines is 2. The maximum Gasteiger partial charge on any atom is 0.275 e. The van der Waals surface area contributed by atoms with E-state index < -0.39 is 11.7 Å². The highest BCUT2D eigenvalue weighted by Crippen LogP contribution is 2.22. The molecule has 1 amide bonds. The second kappa shape index (κ2) is 6.17. The Morgan fingerprint density at radius 3 is 2.80 bits per heavy atom. The van der Waals surface area contributed by atoms with Crippen molar-refractivity contribution >= 4 is 44.9 Å². The molecule has 1 aromatic heterocycles. The Morgan fingerprint density at radius 1 is 1.35 bits per heavy atom. The fourth-order valence-electron chi connectivity index (χ4n) is 1.46. The molecule has 0 fully saturated rings. The molecule has 2 aromatic rings. The summed E-state index contributed by atoms with van der Waals surface area (Å²) >= 11 is 9.08. The van der Waals surface area contributed by atoms with Gasteiger partial charge in [-0.1, -0.05) is 27.5 Å². The number of nitrogen functional groups attached to an aromatic ring is 1. The normalized spacial score (nSPS) is 10.2. The van der Waals surface area contributed by atoms with Crippen LogP contribution in [0, 0.1) is 5.82 Å². The topological polar surface area (TPSA) is 80.0 Å². The van der Waals surface area contributed by atoms with Gasteiger partial charge < -0.3 is 10.7 Å². The molecule has 104 valence electrons. The Balaban J connectivity index is 2.30. The van der Waals surface area contributed by atoms with Crippen LogP contribution >= 0.6 is 27.5 Å². The summed E-state index contributed by atoms with van der Waals surface area (Å²) in [7, 11) is 0. The van der Waals surface area contributed by atoms with Crippen molar-refractivity contribution in [2.24, 2.45) is 5.84 Å². The number of hydrogen-bond donors (Lipinski definition) is 3. The molecule has 1 heterocycles. The molecule has 0 unspecified atom stereocenters. The average Bonchev–Trinajstić information content (AvgIpc) is 2.43. The lowest BCUT2D eigenvalue weighted by atomic mass is 10.2. The summed E-state index contributed by atoms with van der Waals surface area (Å²) in [5.74, 6) is 4.29. The maximum atomic E-state index is 13.6. The van der Waals surface area contributed by atoms with Gasteiger partial charge in [-0.25, -0.2) is 15.2 Å². The molecule has 1 aromatic carbocycles. The van der Waals surface area contributed by atoms with Gasteiger partial charge in [-0.3, -0.25) is 4.79 Å². The van der Waals surface area contributed by atoms with Gasteiger partial charge in [-0.2, -0.15) is 0 Å². The van der Waals surface area contributed by atoms with Crippen LogP contribution in [-0.2, 0) is 0 Å². The monoisotopic (exact) mass is 358 g/mol. The number of pyridine rings is 1. The van der Waals surface area contributed by atoms with E-state index in [1.807, 2.05) is 0 Å². The minimum atomic E-state index is -0.635. The Morgan fingerprint density at radius 2 is 2.10 bits per heavy atom. The van der Waals surface area contributed by atoms with Gasteiger partial charge in [0.25, 0.3) is 5.91 Å². The van der Waals surface area contributed by atoms with Crippen LogP contribution < -0.4 is 16.6 Å². The number of carbonyl (C=O) groups is 1. The molecule has 0 atom stereocenters. The molecule has 0 saturated heterocycles. The summed E-state index contributed by atoms with van der Waals surface area (Å²) in [5.41, 5.74) is 2.27. The summed E-state index contributed by atoms with van der Waals surface area (Å²) in [5, 5.41) is 2.54. The summed E-state index contributed by atoms with van der Waals surface area (Å²) in [6, 6.07) is 7.17. The number of hydrogen-bond acceptors (Lipinski definition) is 4. The first-order chi connectivity index (χ1) is 9.51. The fraction of sp³-hybridized carbons (Fsp3) is 0. The van der Waals surface area contributed by atoms with E-state index in [1.165, 1.54) is 30.3 Å². The van der Waals surface area contributed by atoms with Crippen molar-refractivity contribution in [3.05, 3.63) is 51.3 Å². The number of amides is 1. The number of nitrogens with zero attached hydrogens (tertiary/aromatic N) is 1. The predicted octanol–water partition coefficient (Wildman–Crippen LogP) is 3.17. The largest absolute Gasteiger partial charge is 0.318 e. The van der Waals surface area contributed by atoms with E-state index >= 15 is 0 Å². The van der Waals surface area contributed by atoms with E-state index in [0.29, 0.717) is 4.47 Å². The molecular formula is C12H9BrClFN4O. The minimum Gasteiger partial charge on any atom is -0.318 e. The Bertz CT molecular complexity index is 668. The van der Waals surface area contributed by atoms with Crippen LogP contribution in [0.1, 0.15) is 10.5 Å². The van der Waals surface area contributed by atoms with E-state index in [1.54, 1.807) is 0 Å². The van der Waals surface area contributed by atoms with Crippen molar-refractivity contribution in [3.63, 3.8) is 0 Å². The van der Waals surface area contributed by atoms with Gasteiger partial charge in [-0.15, -0.1) is 0 Å². The smallest absolute Gasteiger partial charge is 0.275 e. The molecule has 5 nitrogen and oxygen atoms in total. The van der Waals surface area contributed by atoms with E-state index in [9.17, 15) is 9.18 Å². The Hall–Kier alpha value is -1.70. The fourth-order valence-corrected chi connectivity index (χ4v) is 2.01. The number of hydrazine groups is 1. The minimum absolute atomic E-state index is 0.0216. The van der Waals surface area contributed by atoms with Gasteiger partial charge in [0.2, 0.25) is 0 Å². The summed E-state index contributed by atoms with van der Waals surface area (Å²) in [6.45, 7) is 0. The predicted molar refractivity (Wildman–Crippen MR) is 79.1 cm³/mol. The molecular weight excluding hydrogens is 351 g/mol. The number of nitrogens with one attached hydrogen (secondary N) is 2. The third-order valence-corrected chi connectivity index (χ3v) is 3.18. The van der Waals surface area contributed by atoms with Crippen LogP contribution in [0.2, 0.25) is 5.02 Å². The first-order valence-corrected chi connectivity index (χ1v) is 6.58. The molecule has 2 rings (SSSR count). The van der Waals surface area contributed by atoms with Crippen molar-refractivity contribution in [2.75, 3.05) is 10.7 Å². The number of aromatic nitrogens is 1. The lowest BCUT2D eigenvalue weighted by molar-refractivity contribution is 0.102. The standard InChI is InChI=1S/C12H9BrClFN4O/c13-6-1-3-8(15)9(5-6)17-12(20)11-7(14)2-4-10(18-11)19-16/h1-5H,16H2,(H,17,20)(H,18,19). The van der Waals surface area contributed by atoms with Crippen molar-refractivity contribution < 1.29 is 9.18 Å². The third kappa shape index (κ3) is 3.24. The van der Waals surface area contributed by atoms with Gasteiger partial charge >= 0.3 is 0 Å². The van der Waals surface area contributed by atoms with Crippen LogP contribution in [-0.4, -0.2) is 10.9 Å². The zero-order valence-electron chi connectivity index (χ0n) is 9.95. The van der Waals surface area contributed by atoms with Crippen LogP contribution in [0.5, 0.6) is 0 Å². The van der Waals surface area contributed by atoms with Crippen LogP contribution in [0.25, 0.3) is 0 Å². The average molecular weight is 360 g/mol. The molecule has 0 saturated carbocycles. The SMILES string of the molecule is NNc1ccc(Cl)c(C(=O)Nc2cc(Br)ccc2F)n1. The summed E-state index contributed by atoms with van der Waals surface area (Å²) in [4.78, 5) is 16.0. The van der Waals surface area contributed by atoms with Crippen molar-refractivity contribution in [1.29, 1.82) is 0 Å². The molecule has 0 aliphatic rings. The molecule has 0 aliphatic heterocycles. The van der Waals surface area contributed by atoms with Crippen molar-refractivity contribution in [1.82, 2.24) is 4.98 Å². The second-order valence-corrected chi connectivity index (χ2v) is 5.07. The van der Waals surface area contributed by atoms with Gasteiger partial charge in [0.15, 0.2) is 0 Å². The highest BCUT2D eigenvalue weighted by Gasteiger charge is 2.15. The molecule has 0 radical (unpaired) electrons. The molecule has 20 heavy (non-hydrogen) atoms. The number of halogens is 3. The zero-order valence-corrected chi connectivity index (χ0v) is 12.3. The lowest BCUT2D eigenvalue weighted by Crippen LogP contribution is -2.17. The van der Waals surface area contributed by atoms with Crippen LogP contribution in [0.3, 0.4) is 0 Å². The molecule has 0 bridgehead atoms. The quantitative estimate of drug-likeness (QED) is 0.581. The number of rotatable bonds is 3. The van der Waals surface area contributed by atoms with Gasteiger partial charge in [0, 0.05) is 4.47 Å². The van der Waals surface area contributed by atoms with Crippen molar-refractivity contribution in [2.45, 2.75) is 0 Å². The van der Waals surface area contributed by atoms with Crippen LogP contribution in [0.15, 0.2) is 34.8 Å². The molecule has 4 N–H and O–H groups in total. The lowest BCUT2D eigenvalue weighted by Gasteiger charge is -2.08. The molecule has 0 aliphatic carbocycles. The third-order valence-electron chi connectivity index (χ3n) is 2.39. The summed E-state index contributed by atoms with van der Waals surface area (Å²) < 4.78 is 14.2. The van der Waals surface area contributed by atoms with Gasteiger partial charge in [0.1, 0.15) is 17.3 Å². The van der Waals surface area contributed by atoms with Crippen LogP contribution in [0.4, 0.5) is 15.9 Å². The van der Waals surface area contributed by atoms with Gasteiger partial charge in [0.05, 0.1) is 10.7 Å². The van der Waals surface area contributed by atoms with E-state index in [4.69, 9.17) is 17.4 Å². The summed E-state index contributed by atoms with van der Waals surface area (Å²) in [6.07, 6.45) is 0. The molecule has 8 heteroatoms. The highest BCUT2D eigenvalue weighted by molar-refractivity contribution is 9.10. The van der Waals surface area contributed by atoms with Gasteiger partial charge in [-0.05, 0) is 30.3 Å². The Kier molecular flexibility index (Phi) is 4.53. The van der Waals surface area contributed by atoms with Crippen molar-refractivity contribution in [3.8, 4) is 0 Å². The first kappa shape index (κ1) is 14.7. The van der Waals surface area contributed by atoms with E-state index in [-0.39, 0.29) is 22.2 Å².